The molecule has 10 aromatic rings. The summed E-state index contributed by atoms with van der Waals surface area (Å²) >= 11 is 0. The normalized spacial score (nSPS) is 15.5. The minimum absolute atomic E-state index is 0.265. The van der Waals surface area contributed by atoms with Crippen molar-refractivity contribution < 1.29 is 8.83 Å². The van der Waals surface area contributed by atoms with Gasteiger partial charge in [0.1, 0.15) is 34.5 Å². The highest BCUT2D eigenvalue weighted by Gasteiger charge is 2.25. The van der Waals surface area contributed by atoms with Crippen LogP contribution in [-0.2, 0) is 6.42 Å². The van der Waals surface area contributed by atoms with Crippen molar-refractivity contribution in [3.63, 3.8) is 0 Å². The molecule has 1 N–H and O–H groups in total. The van der Waals surface area contributed by atoms with Gasteiger partial charge in [0, 0.05) is 61.0 Å². The predicted molar refractivity (Wildman–Crippen MR) is 233 cm³/mol. The summed E-state index contributed by atoms with van der Waals surface area (Å²) < 4.78 is 15.8. The third kappa shape index (κ3) is 5.11. The van der Waals surface area contributed by atoms with Crippen LogP contribution in [0.25, 0.3) is 77.6 Å². The van der Waals surface area contributed by atoms with Crippen LogP contribution in [0.1, 0.15) is 40.6 Å². The molecule has 0 saturated heterocycles. The molecule has 6 heteroatoms. The molecule has 3 aromatic heterocycles. The van der Waals surface area contributed by atoms with E-state index >= 15 is 0 Å². The van der Waals surface area contributed by atoms with Crippen molar-refractivity contribution >= 4 is 78.2 Å². The zero-order chi connectivity index (χ0) is 37.5. The molecule has 1 aliphatic carbocycles. The Morgan fingerprint density at radius 3 is 2.07 bits per heavy atom. The number of aryl methyl sites for hydroxylation is 1. The first-order chi connectivity index (χ1) is 28.2. The van der Waals surface area contributed by atoms with Crippen LogP contribution in [0.2, 0.25) is 0 Å². The number of amidine groups is 2. The van der Waals surface area contributed by atoms with E-state index in [1.54, 1.807) is 0 Å². The lowest BCUT2D eigenvalue weighted by Crippen LogP contribution is -2.33. The van der Waals surface area contributed by atoms with Gasteiger partial charge in [0.15, 0.2) is 5.84 Å². The first-order valence-electron chi connectivity index (χ1n) is 19.5. The monoisotopic (exact) mass is 734 g/mol. The SMILES string of the molecule is C1=C(n2c3ccccc3c3ccccc32)CCc2c1oc1c(-c3ccc4c(c3)oc3ccc(C5=NC(c6ccccc6)=NC(c6ccccc6)N5)cc34)cccc21. The fourth-order valence-electron chi connectivity index (χ4n) is 8.89. The summed E-state index contributed by atoms with van der Waals surface area (Å²) in [5.74, 6) is 2.41. The molecule has 7 aromatic carbocycles. The van der Waals surface area contributed by atoms with Crippen LogP contribution in [0, 0.1) is 0 Å². The largest absolute Gasteiger partial charge is 0.456 e. The van der Waals surface area contributed by atoms with Crippen LogP contribution in [0.5, 0.6) is 0 Å². The molecule has 1 atom stereocenters. The second-order valence-corrected chi connectivity index (χ2v) is 14.9. The number of allylic oxidation sites excluding steroid dienone is 1. The molecule has 2 aliphatic rings. The highest BCUT2D eigenvalue weighted by Crippen LogP contribution is 2.42. The van der Waals surface area contributed by atoms with E-state index in [0.29, 0.717) is 5.84 Å². The first-order valence-corrected chi connectivity index (χ1v) is 19.5. The minimum Gasteiger partial charge on any atom is -0.456 e. The molecule has 270 valence electrons. The Balaban J connectivity index is 0.922. The molecule has 4 heterocycles. The smallest absolute Gasteiger partial charge is 0.159 e. The van der Waals surface area contributed by atoms with Crippen molar-refractivity contribution in [2.24, 2.45) is 9.98 Å². The lowest BCUT2D eigenvalue weighted by molar-refractivity contribution is 0.596. The van der Waals surface area contributed by atoms with Gasteiger partial charge < -0.3 is 18.7 Å². The summed E-state index contributed by atoms with van der Waals surface area (Å²) in [6.07, 6.45) is 3.83. The average molecular weight is 735 g/mol. The summed E-state index contributed by atoms with van der Waals surface area (Å²) in [5.41, 5.74) is 12.7. The number of para-hydroxylation sites is 3. The molecule has 6 nitrogen and oxygen atoms in total. The van der Waals surface area contributed by atoms with E-state index in [1.807, 2.05) is 42.5 Å². The molecule has 57 heavy (non-hydrogen) atoms. The van der Waals surface area contributed by atoms with E-state index in [0.717, 1.165) is 79.8 Å². The van der Waals surface area contributed by atoms with Crippen molar-refractivity contribution in [2.75, 3.05) is 0 Å². The number of fused-ring (bicyclic) bond motifs is 9. The Hall–Kier alpha value is -7.44. The van der Waals surface area contributed by atoms with E-state index < -0.39 is 0 Å². The second kappa shape index (κ2) is 12.5. The molecular formula is C51H34N4O2. The quantitative estimate of drug-likeness (QED) is 0.191. The average Bonchev–Trinajstić information content (AvgIpc) is 3.95. The molecule has 0 fully saturated rings. The Labute approximate surface area is 327 Å². The van der Waals surface area contributed by atoms with E-state index in [-0.39, 0.29) is 6.17 Å². The number of furan rings is 2. The van der Waals surface area contributed by atoms with Crippen LogP contribution >= 0.6 is 0 Å². The molecular weight excluding hydrogens is 701 g/mol. The topological polar surface area (TPSA) is 68.0 Å². The summed E-state index contributed by atoms with van der Waals surface area (Å²) in [6, 6.07) is 57.1. The van der Waals surface area contributed by atoms with Crippen LogP contribution in [-0.4, -0.2) is 16.2 Å². The predicted octanol–water partition coefficient (Wildman–Crippen LogP) is 12.5. The van der Waals surface area contributed by atoms with Crippen molar-refractivity contribution in [3.8, 4) is 11.1 Å². The van der Waals surface area contributed by atoms with E-state index in [2.05, 4.69) is 137 Å². The zero-order valence-corrected chi connectivity index (χ0v) is 30.8. The number of hydrogen-bond donors (Lipinski definition) is 1. The molecule has 0 spiro atoms. The van der Waals surface area contributed by atoms with Crippen molar-refractivity contribution in [3.05, 3.63) is 192 Å². The molecule has 0 saturated carbocycles. The van der Waals surface area contributed by atoms with Gasteiger partial charge in [-0.2, -0.15) is 0 Å². The maximum atomic E-state index is 6.81. The van der Waals surface area contributed by atoms with E-state index in [1.165, 1.54) is 38.5 Å². The third-order valence-corrected chi connectivity index (χ3v) is 11.6. The second-order valence-electron chi connectivity index (χ2n) is 14.9. The fraction of sp³-hybridized carbons (Fsp3) is 0.0588. The zero-order valence-electron chi connectivity index (χ0n) is 30.8. The summed E-state index contributed by atoms with van der Waals surface area (Å²) in [4.78, 5) is 10.0. The maximum Gasteiger partial charge on any atom is 0.159 e. The lowest BCUT2D eigenvalue weighted by atomic mass is 9.96. The van der Waals surface area contributed by atoms with Crippen LogP contribution in [0.15, 0.2) is 183 Å². The number of nitrogens with zero attached hydrogens (tertiary/aromatic N) is 3. The van der Waals surface area contributed by atoms with Gasteiger partial charge in [-0.3, -0.25) is 0 Å². The van der Waals surface area contributed by atoms with Crippen LogP contribution in [0.4, 0.5) is 0 Å². The summed E-state index contributed by atoms with van der Waals surface area (Å²) in [7, 11) is 0. The summed E-state index contributed by atoms with van der Waals surface area (Å²) in [6.45, 7) is 0. The number of nitrogens with one attached hydrogen (secondary N) is 1. The first kappa shape index (κ1) is 31.9. The number of aliphatic imine (C=N–C) groups is 2. The Morgan fingerprint density at radius 2 is 1.26 bits per heavy atom. The van der Waals surface area contributed by atoms with Crippen LogP contribution < -0.4 is 5.32 Å². The van der Waals surface area contributed by atoms with Gasteiger partial charge in [-0.25, -0.2) is 9.98 Å². The lowest BCUT2D eigenvalue weighted by Gasteiger charge is -2.23. The molecule has 0 bridgehead atoms. The van der Waals surface area contributed by atoms with Crippen molar-refractivity contribution in [2.45, 2.75) is 19.0 Å². The van der Waals surface area contributed by atoms with Gasteiger partial charge in [-0.15, -0.1) is 0 Å². The van der Waals surface area contributed by atoms with Gasteiger partial charge >= 0.3 is 0 Å². The molecule has 12 rings (SSSR count). The van der Waals surface area contributed by atoms with Gasteiger partial charge in [0.05, 0.1) is 11.0 Å². The maximum absolute atomic E-state index is 6.81. The number of benzene rings is 7. The Bertz CT molecular complexity index is 3270. The number of hydrogen-bond acceptors (Lipinski definition) is 5. The highest BCUT2D eigenvalue weighted by atomic mass is 16.3. The van der Waals surface area contributed by atoms with Crippen molar-refractivity contribution in [1.29, 1.82) is 0 Å². The Kier molecular flexibility index (Phi) is 7.01. The standard InChI is InChI=1S/C51H34N4O2/c1-3-12-31(13-4-1)49-52-50(32-14-5-2-6-15-32)54-51(53-49)34-23-27-45-42(28-34)40-25-22-33(29-46(40)56-45)36-18-11-19-41-39-26-24-35(30-47(39)57-48(36)41)55-43-20-9-7-16-37(43)38-17-8-10-21-44(38)55/h1-23,25,27-30,49H,24,26H2,(H,52,53,54). The van der Waals surface area contributed by atoms with E-state index in [4.69, 9.17) is 18.8 Å². The Morgan fingerprint density at radius 1 is 0.544 bits per heavy atom. The van der Waals surface area contributed by atoms with Gasteiger partial charge in [0.25, 0.3) is 0 Å². The van der Waals surface area contributed by atoms with Crippen molar-refractivity contribution in [1.82, 2.24) is 9.88 Å². The highest BCUT2D eigenvalue weighted by molar-refractivity contribution is 6.16. The minimum atomic E-state index is -0.265. The third-order valence-electron chi connectivity index (χ3n) is 11.6. The molecule has 0 amide bonds. The van der Waals surface area contributed by atoms with Gasteiger partial charge in [0.2, 0.25) is 0 Å². The van der Waals surface area contributed by atoms with Gasteiger partial charge in [-0.05, 0) is 66.4 Å². The fourth-order valence-corrected chi connectivity index (χ4v) is 8.89. The molecule has 1 unspecified atom stereocenters. The number of rotatable bonds is 5. The van der Waals surface area contributed by atoms with Gasteiger partial charge in [-0.1, -0.05) is 121 Å². The van der Waals surface area contributed by atoms with E-state index in [9.17, 15) is 0 Å². The van der Waals surface area contributed by atoms with Crippen LogP contribution in [0.3, 0.4) is 0 Å². The molecule has 1 aliphatic heterocycles. The number of aromatic nitrogens is 1. The molecule has 0 radical (unpaired) electrons. The summed E-state index contributed by atoms with van der Waals surface area (Å²) in [5, 5.41) is 9.39.